The molecule has 0 unspecified atom stereocenters. The molecule has 0 atom stereocenters. The van der Waals surface area contributed by atoms with Crippen LogP contribution in [-0.4, -0.2) is 24.2 Å². The summed E-state index contributed by atoms with van der Waals surface area (Å²) in [6, 6.07) is 6.42. The van der Waals surface area contributed by atoms with Crippen LogP contribution in [0.4, 0.5) is 0 Å². The van der Waals surface area contributed by atoms with Gasteiger partial charge in [-0.15, -0.1) is 0 Å². The highest BCUT2D eigenvalue weighted by Crippen LogP contribution is 2.28. The average molecular weight is 256 g/mol. The van der Waals surface area contributed by atoms with Gasteiger partial charge >= 0.3 is 0 Å². The molecule has 2 aromatic rings. The van der Waals surface area contributed by atoms with Crippen LogP contribution in [0.15, 0.2) is 30.6 Å². The number of ether oxygens (including phenoxy) is 1. The molecular weight excluding hydrogens is 236 g/mol. The van der Waals surface area contributed by atoms with E-state index in [4.69, 9.17) is 4.74 Å². The predicted octanol–water partition coefficient (Wildman–Crippen LogP) is 2.93. The van der Waals surface area contributed by atoms with Crippen molar-refractivity contribution in [2.75, 3.05) is 13.1 Å². The van der Waals surface area contributed by atoms with E-state index in [2.05, 4.69) is 29.4 Å². The number of piperidine rings is 1. The summed E-state index contributed by atoms with van der Waals surface area (Å²) in [6.07, 6.45) is 7.29. The summed E-state index contributed by atoms with van der Waals surface area (Å²) in [4.78, 5) is 4.18. The SMILES string of the molecule is CCc1cc2cnccc2cc1OC1CCNCC1. The number of hydrogen-bond donors (Lipinski definition) is 1. The standard InChI is InChI=1S/C16H20N2O/c1-2-12-9-14-11-18-6-3-13(14)10-16(12)19-15-4-7-17-8-5-15/h3,6,9-11,15,17H,2,4-5,7-8H2,1H3. The lowest BCUT2D eigenvalue weighted by Crippen LogP contribution is -2.34. The minimum absolute atomic E-state index is 0.353. The van der Waals surface area contributed by atoms with E-state index in [9.17, 15) is 0 Å². The van der Waals surface area contributed by atoms with Gasteiger partial charge in [0.25, 0.3) is 0 Å². The molecule has 0 bridgehead atoms. The second kappa shape index (κ2) is 5.57. The van der Waals surface area contributed by atoms with Crippen LogP contribution < -0.4 is 10.1 Å². The van der Waals surface area contributed by atoms with Gasteiger partial charge in [-0.2, -0.15) is 0 Å². The van der Waals surface area contributed by atoms with E-state index in [1.165, 1.54) is 16.3 Å². The van der Waals surface area contributed by atoms with Crippen LogP contribution in [0.2, 0.25) is 0 Å². The molecule has 1 aliphatic heterocycles. The number of hydrogen-bond acceptors (Lipinski definition) is 3. The van der Waals surface area contributed by atoms with E-state index in [0.29, 0.717) is 6.10 Å². The molecule has 1 aromatic heterocycles. The molecule has 3 nitrogen and oxygen atoms in total. The fraction of sp³-hybridized carbons (Fsp3) is 0.438. The van der Waals surface area contributed by atoms with Crippen molar-refractivity contribution in [3.8, 4) is 5.75 Å². The van der Waals surface area contributed by atoms with E-state index >= 15 is 0 Å². The number of benzene rings is 1. The Kier molecular flexibility index (Phi) is 3.65. The van der Waals surface area contributed by atoms with Crippen molar-refractivity contribution in [3.63, 3.8) is 0 Å². The Morgan fingerprint density at radius 2 is 2.11 bits per heavy atom. The average Bonchev–Trinajstić information content (AvgIpc) is 2.47. The fourth-order valence-corrected chi connectivity index (χ4v) is 2.64. The van der Waals surface area contributed by atoms with E-state index in [-0.39, 0.29) is 0 Å². The molecule has 0 aliphatic carbocycles. The molecule has 0 spiro atoms. The van der Waals surface area contributed by atoms with Gasteiger partial charge in [0.2, 0.25) is 0 Å². The maximum absolute atomic E-state index is 6.23. The highest BCUT2D eigenvalue weighted by atomic mass is 16.5. The van der Waals surface area contributed by atoms with Crippen LogP contribution in [0.25, 0.3) is 10.8 Å². The molecule has 0 radical (unpaired) electrons. The van der Waals surface area contributed by atoms with Gasteiger partial charge in [0.1, 0.15) is 11.9 Å². The van der Waals surface area contributed by atoms with E-state index in [1.54, 1.807) is 0 Å². The number of aryl methyl sites for hydroxylation is 1. The first-order chi connectivity index (χ1) is 9.36. The highest BCUT2D eigenvalue weighted by molar-refractivity contribution is 5.84. The second-order valence-electron chi connectivity index (χ2n) is 5.10. The zero-order chi connectivity index (χ0) is 13.1. The van der Waals surface area contributed by atoms with Crippen molar-refractivity contribution in [1.29, 1.82) is 0 Å². The lowest BCUT2D eigenvalue weighted by molar-refractivity contribution is 0.161. The van der Waals surface area contributed by atoms with Crippen LogP contribution in [0, 0.1) is 0 Å². The predicted molar refractivity (Wildman–Crippen MR) is 77.6 cm³/mol. The third-order valence-electron chi connectivity index (χ3n) is 3.78. The third kappa shape index (κ3) is 2.71. The monoisotopic (exact) mass is 256 g/mol. The number of nitrogens with zero attached hydrogens (tertiary/aromatic N) is 1. The first-order valence-electron chi connectivity index (χ1n) is 7.11. The number of rotatable bonds is 3. The summed E-state index contributed by atoms with van der Waals surface area (Å²) < 4.78 is 6.23. The summed E-state index contributed by atoms with van der Waals surface area (Å²) in [5.41, 5.74) is 1.28. The molecule has 1 fully saturated rings. The second-order valence-corrected chi connectivity index (χ2v) is 5.10. The summed E-state index contributed by atoms with van der Waals surface area (Å²) in [5, 5.41) is 5.77. The molecule has 3 rings (SSSR count). The van der Waals surface area contributed by atoms with Gasteiger partial charge in [0.15, 0.2) is 0 Å². The topological polar surface area (TPSA) is 34.1 Å². The Labute approximate surface area is 114 Å². The van der Waals surface area contributed by atoms with Gasteiger partial charge in [0, 0.05) is 17.8 Å². The van der Waals surface area contributed by atoms with Gasteiger partial charge in [-0.25, -0.2) is 0 Å². The Morgan fingerprint density at radius 3 is 2.89 bits per heavy atom. The molecule has 0 saturated carbocycles. The van der Waals surface area contributed by atoms with E-state index in [1.807, 2.05) is 18.5 Å². The van der Waals surface area contributed by atoms with Crippen LogP contribution in [0.1, 0.15) is 25.3 Å². The van der Waals surface area contributed by atoms with Crippen LogP contribution in [0.3, 0.4) is 0 Å². The zero-order valence-electron chi connectivity index (χ0n) is 11.4. The van der Waals surface area contributed by atoms with Gasteiger partial charge < -0.3 is 10.1 Å². The maximum atomic E-state index is 6.23. The van der Waals surface area contributed by atoms with Crippen molar-refractivity contribution in [2.45, 2.75) is 32.3 Å². The van der Waals surface area contributed by atoms with Gasteiger partial charge in [-0.1, -0.05) is 6.92 Å². The minimum atomic E-state index is 0.353. The summed E-state index contributed by atoms with van der Waals surface area (Å²) in [5.74, 6) is 1.05. The first-order valence-corrected chi connectivity index (χ1v) is 7.11. The van der Waals surface area contributed by atoms with Crippen LogP contribution in [-0.2, 0) is 6.42 Å². The van der Waals surface area contributed by atoms with Gasteiger partial charge in [-0.3, -0.25) is 4.98 Å². The van der Waals surface area contributed by atoms with E-state index in [0.717, 1.165) is 38.1 Å². The zero-order valence-corrected chi connectivity index (χ0v) is 11.4. The summed E-state index contributed by atoms with van der Waals surface area (Å²) in [6.45, 7) is 4.29. The Morgan fingerprint density at radius 1 is 1.26 bits per heavy atom. The van der Waals surface area contributed by atoms with Crippen molar-refractivity contribution < 1.29 is 4.74 Å². The minimum Gasteiger partial charge on any atom is -0.490 e. The number of pyridine rings is 1. The number of aromatic nitrogens is 1. The van der Waals surface area contributed by atoms with Gasteiger partial charge in [-0.05, 0) is 61.5 Å². The molecule has 2 heterocycles. The fourth-order valence-electron chi connectivity index (χ4n) is 2.64. The lowest BCUT2D eigenvalue weighted by atomic mass is 10.0. The summed E-state index contributed by atoms with van der Waals surface area (Å²) in [7, 11) is 0. The maximum Gasteiger partial charge on any atom is 0.123 e. The lowest BCUT2D eigenvalue weighted by Gasteiger charge is -2.25. The molecule has 1 saturated heterocycles. The molecule has 1 aliphatic rings. The van der Waals surface area contributed by atoms with Crippen molar-refractivity contribution in [2.24, 2.45) is 0 Å². The van der Waals surface area contributed by atoms with Crippen molar-refractivity contribution >= 4 is 10.8 Å². The molecular formula is C16H20N2O. The Hall–Kier alpha value is -1.61. The Balaban J connectivity index is 1.91. The highest BCUT2D eigenvalue weighted by Gasteiger charge is 2.16. The van der Waals surface area contributed by atoms with Gasteiger partial charge in [0.05, 0.1) is 0 Å². The number of fused-ring (bicyclic) bond motifs is 1. The Bertz CT molecular complexity index is 562. The molecule has 0 amide bonds. The molecule has 1 N–H and O–H groups in total. The largest absolute Gasteiger partial charge is 0.490 e. The van der Waals surface area contributed by atoms with E-state index < -0.39 is 0 Å². The molecule has 100 valence electrons. The first kappa shape index (κ1) is 12.4. The van der Waals surface area contributed by atoms with Crippen molar-refractivity contribution in [1.82, 2.24) is 10.3 Å². The van der Waals surface area contributed by atoms with Crippen LogP contribution >= 0.6 is 0 Å². The quantitative estimate of drug-likeness (QED) is 0.917. The normalized spacial score (nSPS) is 16.7. The molecule has 1 aromatic carbocycles. The molecule has 19 heavy (non-hydrogen) atoms. The number of nitrogens with one attached hydrogen (secondary N) is 1. The summed E-state index contributed by atoms with van der Waals surface area (Å²) >= 11 is 0. The van der Waals surface area contributed by atoms with Crippen molar-refractivity contribution in [3.05, 3.63) is 36.2 Å². The smallest absolute Gasteiger partial charge is 0.123 e. The molecule has 3 heteroatoms. The third-order valence-corrected chi connectivity index (χ3v) is 3.78. The van der Waals surface area contributed by atoms with Crippen LogP contribution in [0.5, 0.6) is 5.75 Å².